The van der Waals surface area contributed by atoms with Crippen LogP contribution in [0.4, 0.5) is 0 Å². The highest BCUT2D eigenvalue weighted by Crippen LogP contribution is 2.34. The first kappa shape index (κ1) is 16.8. The Hall–Kier alpha value is -1.06. The van der Waals surface area contributed by atoms with Crippen molar-refractivity contribution < 1.29 is 0 Å². The zero-order valence-electron chi connectivity index (χ0n) is 14.4. The Kier molecular flexibility index (Phi) is 5.60. The molecule has 0 aliphatic heterocycles. The van der Waals surface area contributed by atoms with Crippen LogP contribution in [0.15, 0.2) is 18.2 Å². The zero-order chi connectivity index (χ0) is 16.2. The molecule has 3 rings (SSSR count). The fourth-order valence-electron chi connectivity index (χ4n) is 3.81. The molecule has 0 bridgehead atoms. The number of fused-ring (bicyclic) bond motifs is 1. The molecule has 1 saturated carbocycles. The maximum Gasteiger partial charge on any atom is 0.113 e. The molecule has 4 heteroatoms. The molecule has 0 saturated heterocycles. The number of likely N-dealkylation sites (N-methyl/N-ethyl adjacent to an activating group) is 1. The van der Waals surface area contributed by atoms with Gasteiger partial charge < -0.3 is 9.47 Å². The average molecular weight is 334 g/mol. The summed E-state index contributed by atoms with van der Waals surface area (Å²) in [4.78, 5) is 7.47. The summed E-state index contributed by atoms with van der Waals surface area (Å²) in [5, 5.41) is 0.779. The van der Waals surface area contributed by atoms with Crippen molar-refractivity contribution in [2.45, 2.75) is 58.4 Å². The van der Waals surface area contributed by atoms with Gasteiger partial charge in [0.25, 0.3) is 0 Å². The number of benzene rings is 1. The second kappa shape index (κ2) is 7.67. The van der Waals surface area contributed by atoms with E-state index in [4.69, 9.17) is 16.6 Å². The van der Waals surface area contributed by atoms with Crippen LogP contribution in [0, 0.1) is 0 Å². The first-order valence-corrected chi connectivity index (χ1v) is 9.48. The lowest BCUT2D eigenvalue weighted by atomic mass is 9.88. The molecule has 126 valence electrons. The van der Waals surface area contributed by atoms with Crippen LogP contribution in [0.1, 0.15) is 57.7 Å². The summed E-state index contributed by atoms with van der Waals surface area (Å²) in [6, 6.07) is 6.14. The summed E-state index contributed by atoms with van der Waals surface area (Å²) in [5.41, 5.74) is 2.29. The molecule has 1 aliphatic carbocycles. The van der Waals surface area contributed by atoms with Gasteiger partial charge in [0, 0.05) is 24.0 Å². The number of halogens is 1. The lowest BCUT2D eigenvalue weighted by Gasteiger charge is -2.24. The van der Waals surface area contributed by atoms with E-state index in [0.717, 1.165) is 36.7 Å². The van der Waals surface area contributed by atoms with Crippen molar-refractivity contribution in [3.8, 4) is 0 Å². The minimum Gasteiger partial charge on any atom is -0.326 e. The molecule has 0 atom stereocenters. The van der Waals surface area contributed by atoms with Gasteiger partial charge in [0.1, 0.15) is 5.82 Å². The largest absolute Gasteiger partial charge is 0.326 e. The van der Waals surface area contributed by atoms with E-state index >= 15 is 0 Å². The number of rotatable bonds is 6. The van der Waals surface area contributed by atoms with Gasteiger partial charge in [-0.1, -0.05) is 44.7 Å². The monoisotopic (exact) mass is 333 g/mol. The number of aromatic nitrogens is 2. The standard InChI is InChI=1S/C19H28ClN3/c1-3-22(4-2)12-13-23-18-11-10-16(20)14-17(18)21-19(23)15-8-6-5-7-9-15/h10-11,14-15H,3-9,12-13H2,1-2H3. The van der Waals surface area contributed by atoms with Crippen molar-refractivity contribution in [1.82, 2.24) is 14.5 Å². The number of hydrogen-bond acceptors (Lipinski definition) is 2. The third kappa shape index (κ3) is 3.72. The predicted molar refractivity (Wildman–Crippen MR) is 98.4 cm³/mol. The van der Waals surface area contributed by atoms with Gasteiger partial charge in [-0.2, -0.15) is 0 Å². The Balaban J connectivity index is 1.94. The van der Waals surface area contributed by atoms with Gasteiger partial charge in [0.15, 0.2) is 0 Å². The van der Waals surface area contributed by atoms with Crippen LogP contribution < -0.4 is 0 Å². The quantitative estimate of drug-likeness (QED) is 0.735. The highest BCUT2D eigenvalue weighted by atomic mass is 35.5. The Morgan fingerprint density at radius 1 is 1.17 bits per heavy atom. The van der Waals surface area contributed by atoms with Crippen LogP contribution in [-0.4, -0.2) is 34.1 Å². The zero-order valence-corrected chi connectivity index (χ0v) is 15.1. The van der Waals surface area contributed by atoms with Crippen molar-refractivity contribution in [3.05, 3.63) is 29.0 Å². The number of nitrogens with zero attached hydrogens (tertiary/aromatic N) is 3. The molecule has 0 spiro atoms. The van der Waals surface area contributed by atoms with Crippen molar-refractivity contribution in [2.24, 2.45) is 0 Å². The van der Waals surface area contributed by atoms with E-state index in [-0.39, 0.29) is 0 Å². The van der Waals surface area contributed by atoms with E-state index in [1.807, 2.05) is 12.1 Å². The third-order valence-electron chi connectivity index (χ3n) is 5.24. The Labute approximate surface area is 144 Å². The molecular formula is C19H28ClN3. The lowest BCUT2D eigenvalue weighted by molar-refractivity contribution is 0.288. The van der Waals surface area contributed by atoms with Crippen LogP contribution in [0.25, 0.3) is 11.0 Å². The number of hydrogen-bond donors (Lipinski definition) is 0. The van der Waals surface area contributed by atoms with Crippen molar-refractivity contribution in [1.29, 1.82) is 0 Å². The number of imidazole rings is 1. The van der Waals surface area contributed by atoms with Crippen molar-refractivity contribution in [2.75, 3.05) is 19.6 Å². The minimum absolute atomic E-state index is 0.617. The van der Waals surface area contributed by atoms with Crippen LogP contribution in [0.5, 0.6) is 0 Å². The van der Waals surface area contributed by atoms with E-state index in [1.165, 1.54) is 43.4 Å². The molecule has 1 aromatic heterocycles. The maximum atomic E-state index is 6.18. The molecular weight excluding hydrogens is 306 g/mol. The van der Waals surface area contributed by atoms with Gasteiger partial charge in [-0.15, -0.1) is 0 Å². The summed E-state index contributed by atoms with van der Waals surface area (Å²) < 4.78 is 2.46. The smallest absolute Gasteiger partial charge is 0.113 e. The Bertz CT molecular complexity index is 639. The second-order valence-electron chi connectivity index (χ2n) is 6.62. The van der Waals surface area contributed by atoms with Gasteiger partial charge in [-0.3, -0.25) is 0 Å². The molecule has 1 aromatic carbocycles. The first-order valence-electron chi connectivity index (χ1n) is 9.11. The van der Waals surface area contributed by atoms with Gasteiger partial charge in [0.05, 0.1) is 11.0 Å². The van der Waals surface area contributed by atoms with Crippen LogP contribution in [-0.2, 0) is 6.54 Å². The highest BCUT2D eigenvalue weighted by Gasteiger charge is 2.22. The van der Waals surface area contributed by atoms with Crippen LogP contribution in [0.3, 0.4) is 0 Å². The summed E-state index contributed by atoms with van der Waals surface area (Å²) in [6.07, 6.45) is 6.61. The van der Waals surface area contributed by atoms with Gasteiger partial charge >= 0.3 is 0 Å². The molecule has 0 amide bonds. The molecule has 0 unspecified atom stereocenters. The van der Waals surface area contributed by atoms with Crippen LogP contribution >= 0.6 is 11.6 Å². The lowest BCUT2D eigenvalue weighted by Crippen LogP contribution is -2.28. The Morgan fingerprint density at radius 2 is 1.91 bits per heavy atom. The topological polar surface area (TPSA) is 21.1 Å². The molecule has 3 nitrogen and oxygen atoms in total. The molecule has 2 aromatic rings. The summed E-state index contributed by atoms with van der Waals surface area (Å²) >= 11 is 6.18. The second-order valence-corrected chi connectivity index (χ2v) is 7.05. The molecule has 1 aliphatic rings. The molecule has 1 heterocycles. The fourth-order valence-corrected chi connectivity index (χ4v) is 3.98. The van der Waals surface area contributed by atoms with E-state index < -0.39 is 0 Å². The van der Waals surface area contributed by atoms with Gasteiger partial charge in [-0.25, -0.2) is 4.98 Å². The average Bonchev–Trinajstić information content (AvgIpc) is 2.94. The fraction of sp³-hybridized carbons (Fsp3) is 0.632. The summed E-state index contributed by atoms with van der Waals surface area (Å²) in [7, 11) is 0. The van der Waals surface area contributed by atoms with E-state index in [1.54, 1.807) is 0 Å². The van der Waals surface area contributed by atoms with E-state index in [9.17, 15) is 0 Å². The molecule has 0 radical (unpaired) electrons. The third-order valence-corrected chi connectivity index (χ3v) is 5.48. The van der Waals surface area contributed by atoms with Crippen molar-refractivity contribution in [3.63, 3.8) is 0 Å². The Morgan fingerprint density at radius 3 is 2.61 bits per heavy atom. The summed E-state index contributed by atoms with van der Waals surface area (Å²) in [6.45, 7) is 8.78. The highest BCUT2D eigenvalue weighted by molar-refractivity contribution is 6.31. The van der Waals surface area contributed by atoms with Gasteiger partial charge in [0.2, 0.25) is 0 Å². The van der Waals surface area contributed by atoms with Crippen LogP contribution in [0.2, 0.25) is 5.02 Å². The molecule has 0 N–H and O–H groups in total. The summed E-state index contributed by atoms with van der Waals surface area (Å²) in [5.74, 6) is 1.90. The minimum atomic E-state index is 0.617. The maximum absolute atomic E-state index is 6.18. The molecule has 23 heavy (non-hydrogen) atoms. The van der Waals surface area contributed by atoms with E-state index in [0.29, 0.717) is 5.92 Å². The first-order chi connectivity index (χ1) is 11.2. The normalized spacial score (nSPS) is 16.5. The van der Waals surface area contributed by atoms with Crippen molar-refractivity contribution >= 4 is 22.6 Å². The SMILES string of the molecule is CCN(CC)CCn1c(C2CCCCC2)nc2cc(Cl)ccc21. The molecule has 1 fully saturated rings. The van der Waals surface area contributed by atoms with E-state index in [2.05, 4.69) is 29.4 Å². The predicted octanol–water partition coefficient (Wildman–Crippen LogP) is 5.08. The van der Waals surface area contributed by atoms with Gasteiger partial charge in [-0.05, 0) is 44.1 Å².